The van der Waals surface area contributed by atoms with Crippen LogP contribution in [0.3, 0.4) is 0 Å². The third-order valence-electron chi connectivity index (χ3n) is 10.6. The van der Waals surface area contributed by atoms with Crippen molar-refractivity contribution < 1.29 is 60.0 Å². The Kier molecular flexibility index (Phi) is 11.5. The van der Waals surface area contributed by atoms with Crippen LogP contribution >= 0.6 is 0 Å². The number of rotatable bonds is 13. The van der Waals surface area contributed by atoms with Gasteiger partial charge in [0.1, 0.15) is 5.69 Å². The molecule has 5 heterocycles. The van der Waals surface area contributed by atoms with Crippen LogP contribution in [0, 0.1) is 0 Å². The van der Waals surface area contributed by atoms with E-state index < -0.39 is 67.1 Å². The lowest BCUT2D eigenvalue weighted by Crippen LogP contribution is -2.45. The quantitative estimate of drug-likeness (QED) is 0.0831. The van der Waals surface area contributed by atoms with Crippen LogP contribution in [-0.4, -0.2) is 89.5 Å². The minimum Gasteiger partial charge on any atom is -0.492 e. The number of carbonyl (C=O) groups excluding carboxylic acids is 2. The van der Waals surface area contributed by atoms with Crippen LogP contribution in [0.15, 0.2) is 82.4 Å². The minimum absolute atomic E-state index is 0.102. The van der Waals surface area contributed by atoms with Gasteiger partial charge in [0.2, 0.25) is 11.8 Å². The second-order valence-corrected chi connectivity index (χ2v) is 18.2. The maximum atomic E-state index is 13.8. The van der Waals surface area contributed by atoms with Gasteiger partial charge in [0.05, 0.1) is 33.7 Å². The number of aromatic hydroxyl groups is 2. The fourth-order valence-electron chi connectivity index (χ4n) is 7.51. The summed E-state index contributed by atoms with van der Waals surface area (Å²) in [6, 6.07) is 8.36. The number of allylic oxidation sites excluding steroid dienone is 6. The van der Waals surface area contributed by atoms with Gasteiger partial charge in [0, 0.05) is 48.9 Å². The highest BCUT2D eigenvalue weighted by Gasteiger charge is 2.45. The second kappa shape index (κ2) is 15.8. The molecule has 19 heteroatoms. The molecule has 0 atom stereocenters. The standard InChI is InChI=1S/C39H45N5O12S2/c1-38(2)28-23-26(37(48)41(5)55-24-35(47)56-44-33(45)17-18-34(44)46)29-12-9-10-19-43(29)36(28)40-31(38)13-7-6-8-14-32-39(3,4)27-22-25(58(52,53)54)15-16-30(27)42(32)20-11-21-57(49,50)51/h6-8,13-18,22-23H,9-12,19-21,24H2,1-5H3,(H3-,45,46,49,50,51,52,53,54)/p+1. The van der Waals surface area contributed by atoms with Crippen molar-refractivity contribution in [1.82, 2.24) is 9.79 Å². The molecule has 310 valence electrons. The predicted octanol–water partition coefficient (Wildman–Crippen LogP) is 3.86. The first-order valence-corrected chi connectivity index (χ1v) is 21.5. The van der Waals surface area contributed by atoms with E-state index in [-0.39, 0.29) is 17.9 Å². The first kappa shape index (κ1) is 42.3. The smallest absolute Gasteiger partial charge is 0.361 e. The SMILES string of the molecule is CN(OCC(=O)On1c(O)ccc1O)C(=O)c1cc2c([n+]3c1CCCC3)N=C(C=CC=CC=C1N(CCCS(=O)(=O)O)c3ccc(S(=O)(=O)O)cc3C1(C)C)C2(C)C. The Labute approximate surface area is 336 Å². The summed E-state index contributed by atoms with van der Waals surface area (Å²) in [5.41, 5.74) is 3.41. The molecule has 17 nitrogen and oxygen atoms in total. The first-order chi connectivity index (χ1) is 27.1. The van der Waals surface area contributed by atoms with Crippen molar-refractivity contribution in [2.75, 3.05) is 30.9 Å². The summed E-state index contributed by atoms with van der Waals surface area (Å²) in [6.45, 7) is 7.97. The highest BCUT2D eigenvalue weighted by Crippen LogP contribution is 2.48. The molecule has 0 aliphatic carbocycles. The number of nitrogens with zero attached hydrogens (tertiary/aromatic N) is 5. The summed E-state index contributed by atoms with van der Waals surface area (Å²) in [4.78, 5) is 43.2. The van der Waals surface area contributed by atoms with Gasteiger partial charge in [-0.25, -0.2) is 14.4 Å². The van der Waals surface area contributed by atoms with Crippen LogP contribution in [0.2, 0.25) is 0 Å². The zero-order valence-corrected chi connectivity index (χ0v) is 34.2. The number of hydroxylamine groups is 2. The fourth-order valence-corrected chi connectivity index (χ4v) is 8.51. The molecule has 0 bridgehead atoms. The van der Waals surface area contributed by atoms with Crippen molar-refractivity contribution in [3.05, 3.63) is 94.9 Å². The third kappa shape index (κ3) is 8.44. The molecular formula is C39H46N5O12S2+. The van der Waals surface area contributed by atoms with Crippen molar-refractivity contribution in [2.24, 2.45) is 4.99 Å². The molecule has 0 radical (unpaired) electrons. The highest BCUT2D eigenvalue weighted by atomic mass is 32.2. The normalized spacial score (nSPS) is 17.7. The molecule has 2 aromatic heterocycles. The van der Waals surface area contributed by atoms with Crippen molar-refractivity contribution in [1.29, 1.82) is 0 Å². The number of anilines is 1. The number of pyridine rings is 1. The Morgan fingerprint density at radius 2 is 1.66 bits per heavy atom. The number of hydrogen-bond donors (Lipinski definition) is 4. The fraction of sp³-hybridized carbons (Fsp3) is 0.385. The van der Waals surface area contributed by atoms with Gasteiger partial charge < -0.3 is 20.0 Å². The molecule has 58 heavy (non-hydrogen) atoms. The van der Waals surface area contributed by atoms with Gasteiger partial charge in [-0.3, -0.25) is 18.7 Å². The Bertz CT molecular complexity index is 2500. The number of fused-ring (bicyclic) bond motifs is 4. The third-order valence-corrected chi connectivity index (χ3v) is 12.2. The van der Waals surface area contributed by atoms with E-state index in [0.717, 1.165) is 58.5 Å². The summed E-state index contributed by atoms with van der Waals surface area (Å²) in [5.74, 6) is -2.16. The number of carbonyl (C=O) groups is 2. The van der Waals surface area contributed by atoms with Crippen LogP contribution in [0.5, 0.6) is 11.8 Å². The molecule has 1 aromatic carbocycles. The molecule has 0 fully saturated rings. The molecule has 3 aromatic rings. The molecular weight excluding hydrogens is 795 g/mol. The molecule has 3 aliphatic heterocycles. The molecule has 0 unspecified atom stereocenters. The molecule has 4 N–H and O–H groups in total. The lowest BCUT2D eigenvalue weighted by Gasteiger charge is -2.27. The number of benzene rings is 1. The van der Waals surface area contributed by atoms with Crippen LogP contribution < -0.4 is 14.3 Å². The monoisotopic (exact) mass is 840 g/mol. The van der Waals surface area contributed by atoms with Crippen molar-refractivity contribution in [3.63, 3.8) is 0 Å². The van der Waals surface area contributed by atoms with Crippen LogP contribution in [0.1, 0.15) is 74.1 Å². The maximum absolute atomic E-state index is 13.8. The first-order valence-electron chi connectivity index (χ1n) is 18.4. The van der Waals surface area contributed by atoms with Gasteiger partial charge in [0.15, 0.2) is 12.3 Å². The summed E-state index contributed by atoms with van der Waals surface area (Å²) in [7, 11) is -7.30. The topological polar surface area (TPSA) is 229 Å². The van der Waals surface area contributed by atoms with E-state index in [9.17, 15) is 45.7 Å². The van der Waals surface area contributed by atoms with Gasteiger partial charge in [-0.1, -0.05) is 32.1 Å². The lowest BCUT2D eigenvalue weighted by molar-refractivity contribution is -0.697. The predicted molar refractivity (Wildman–Crippen MR) is 211 cm³/mol. The summed E-state index contributed by atoms with van der Waals surface area (Å²) >= 11 is 0. The van der Waals surface area contributed by atoms with E-state index in [0.29, 0.717) is 34.5 Å². The Morgan fingerprint density at radius 1 is 0.948 bits per heavy atom. The van der Waals surface area contributed by atoms with Gasteiger partial charge in [-0.15, -0.1) is 4.73 Å². The average Bonchev–Trinajstić information content (AvgIpc) is 3.68. The van der Waals surface area contributed by atoms with Crippen LogP contribution in [-0.2, 0) is 53.7 Å². The molecule has 1 amide bonds. The summed E-state index contributed by atoms with van der Waals surface area (Å²) in [5, 5.41) is 20.4. The molecule has 0 saturated carbocycles. The largest absolute Gasteiger partial charge is 0.492 e. The number of amides is 1. The van der Waals surface area contributed by atoms with Gasteiger partial charge >= 0.3 is 11.8 Å². The van der Waals surface area contributed by atoms with Gasteiger partial charge in [0.25, 0.3) is 26.1 Å². The van der Waals surface area contributed by atoms with E-state index in [1.165, 1.54) is 19.2 Å². The number of aromatic nitrogens is 2. The minimum atomic E-state index is -4.48. The Morgan fingerprint density at radius 3 is 2.33 bits per heavy atom. The Balaban J connectivity index is 1.22. The molecule has 0 saturated heterocycles. The molecule has 0 spiro atoms. The number of hydrogen-bond acceptors (Lipinski definition) is 12. The maximum Gasteiger partial charge on any atom is 0.361 e. The van der Waals surface area contributed by atoms with Gasteiger partial charge in [-0.05, 0) is 80.1 Å². The van der Waals surface area contributed by atoms with Crippen LogP contribution in [0.25, 0.3) is 0 Å². The molecule has 3 aliphatic rings. The van der Waals surface area contributed by atoms with E-state index in [2.05, 4.69) is 4.57 Å². The van der Waals surface area contributed by atoms with Crippen molar-refractivity contribution >= 4 is 49.3 Å². The highest BCUT2D eigenvalue weighted by molar-refractivity contribution is 7.86. The zero-order chi connectivity index (χ0) is 42.4. The van der Waals surface area contributed by atoms with E-state index in [1.54, 1.807) is 12.1 Å². The van der Waals surface area contributed by atoms with E-state index in [4.69, 9.17) is 14.7 Å². The van der Waals surface area contributed by atoms with E-state index in [1.807, 2.05) is 63.0 Å². The molecule has 6 rings (SSSR count). The van der Waals surface area contributed by atoms with E-state index >= 15 is 0 Å². The van der Waals surface area contributed by atoms with Crippen molar-refractivity contribution in [3.8, 4) is 11.8 Å². The zero-order valence-electron chi connectivity index (χ0n) is 32.6. The second-order valence-electron chi connectivity index (χ2n) is 15.2. The summed E-state index contributed by atoms with van der Waals surface area (Å²) in [6.07, 6.45) is 11.6. The van der Waals surface area contributed by atoms with Crippen molar-refractivity contribution in [2.45, 2.75) is 75.6 Å². The van der Waals surface area contributed by atoms with Gasteiger partial charge in [-0.2, -0.15) is 16.8 Å². The lowest BCUT2D eigenvalue weighted by atomic mass is 9.81. The average molecular weight is 841 g/mol. The summed E-state index contributed by atoms with van der Waals surface area (Å²) < 4.78 is 68.5. The Hall–Kier alpha value is -5.34. The van der Waals surface area contributed by atoms with Crippen LogP contribution in [0.4, 0.5) is 11.5 Å². The number of aliphatic imine (C=N–C) groups is 1.